The summed E-state index contributed by atoms with van der Waals surface area (Å²) in [5.41, 5.74) is 9.49. The minimum absolute atomic E-state index is 0.0773. The molecule has 0 aliphatic carbocycles. The Labute approximate surface area is 135 Å². The Bertz CT molecular complexity index is 465. The van der Waals surface area contributed by atoms with Crippen molar-refractivity contribution in [3.05, 3.63) is 47.7 Å². The molecular weight excluding hydrogens is 272 g/mol. The van der Waals surface area contributed by atoms with E-state index in [2.05, 4.69) is 43.1 Å². The molecule has 3 heteroatoms. The summed E-state index contributed by atoms with van der Waals surface area (Å²) in [7, 11) is 0. The van der Waals surface area contributed by atoms with Crippen molar-refractivity contribution >= 4 is 5.78 Å². The van der Waals surface area contributed by atoms with Crippen molar-refractivity contribution in [3.63, 3.8) is 0 Å². The number of ketones is 1. The summed E-state index contributed by atoms with van der Waals surface area (Å²) in [5.74, 6) is 0.0773. The Morgan fingerprint density at radius 3 is 2.55 bits per heavy atom. The number of rotatable bonds is 11. The second-order valence-corrected chi connectivity index (χ2v) is 6.08. The Kier molecular flexibility index (Phi) is 8.53. The van der Waals surface area contributed by atoms with E-state index < -0.39 is 0 Å². The van der Waals surface area contributed by atoms with Crippen molar-refractivity contribution in [2.24, 2.45) is 5.73 Å². The smallest absolute Gasteiger partial charge is 0.146 e. The monoisotopic (exact) mass is 302 g/mol. The highest BCUT2D eigenvalue weighted by molar-refractivity contribution is 5.80. The summed E-state index contributed by atoms with van der Waals surface area (Å²) >= 11 is 0. The molecule has 122 valence electrons. The lowest BCUT2D eigenvalue weighted by Crippen LogP contribution is -2.28. The summed E-state index contributed by atoms with van der Waals surface area (Å²) in [6.45, 7) is 8.65. The van der Waals surface area contributed by atoms with Crippen LogP contribution in [0.5, 0.6) is 0 Å². The first kappa shape index (κ1) is 18.4. The van der Waals surface area contributed by atoms with Crippen LogP contribution in [0.2, 0.25) is 0 Å². The van der Waals surface area contributed by atoms with E-state index in [9.17, 15) is 4.79 Å². The van der Waals surface area contributed by atoms with Crippen molar-refractivity contribution in [2.75, 3.05) is 6.54 Å². The molecule has 0 aliphatic heterocycles. The van der Waals surface area contributed by atoms with Gasteiger partial charge in [0.2, 0.25) is 0 Å². The number of nitrogens with two attached hydrogens (primary N) is 1. The second kappa shape index (κ2) is 10.2. The number of aryl methyl sites for hydroxylation is 2. The summed E-state index contributed by atoms with van der Waals surface area (Å²) in [6, 6.07) is 8.42. The lowest BCUT2D eigenvalue weighted by atomic mass is 10.1. The zero-order valence-corrected chi connectivity index (χ0v) is 14.0. The minimum atomic E-state index is -0.294. The molecule has 0 aromatic heterocycles. The Morgan fingerprint density at radius 2 is 1.91 bits per heavy atom. The molecule has 1 aromatic carbocycles. The minimum Gasteiger partial charge on any atom is -0.389 e. The fourth-order valence-corrected chi connectivity index (χ4v) is 2.31. The highest BCUT2D eigenvalue weighted by Gasteiger charge is 2.06. The van der Waals surface area contributed by atoms with Crippen LogP contribution in [-0.2, 0) is 11.2 Å². The first-order valence-electron chi connectivity index (χ1n) is 8.22. The van der Waals surface area contributed by atoms with Gasteiger partial charge in [0.25, 0.3) is 0 Å². The van der Waals surface area contributed by atoms with Crippen molar-refractivity contribution in [3.8, 4) is 0 Å². The summed E-state index contributed by atoms with van der Waals surface area (Å²) in [5, 5.41) is 3.36. The predicted octanol–water partition coefficient (Wildman–Crippen LogP) is 3.51. The van der Waals surface area contributed by atoms with Crippen molar-refractivity contribution in [1.29, 1.82) is 0 Å². The molecule has 0 radical (unpaired) electrons. The molecule has 0 fully saturated rings. The zero-order chi connectivity index (χ0) is 16.4. The zero-order valence-electron chi connectivity index (χ0n) is 14.0. The predicted molar refractivity (Wildman–Crippen MR) is 93.8 cm³/mol. The van der Waals surface area contributed by atoms with E-state index in [-0.39, 0.29) is 11.8 Å². The van der Waals surface area contributed by atoms with Crippen LogP contribution in [0.1, 0.15) is 50.2 Å². The van der Waals surface area contributed by atoms with Crippen LogP contribution in [0.4, 0.5) is 0 Å². The van der Waals surface area contributed by atoms with Gasteiger partial charge in [-0.15, -0.1) is 0 Å². The first-order chi connectivity index (χ1) is 10.5. The number of hydrogen-bond acceptors (Lipinski definition) is 3. The van der Waals surface area contributed by atoms with Gasteiger partial charge in [0.1, 0.15) is 5.78 Å². The number of unbranched alkanes of at least 4 members (excludes halogenated alkanes) is 1. The van der Waals surface area contributed by atoms with Crippen molar-refractivity contribution in [1.82, 2.24) is 5.32 Å². The molecule has 0 saturated heterocycles. The quantitative estimate of drug-likeness (QED) is 0.615. The maximum absolute atomic E-state index is 11.0. The van der Waals surface area contributed by atoms with Crippen LogP contribution >= 0.6 is 0 Å². The average molecular weight is 302 g/mol. The number of hydrogen-bond donors (Lipinski definition) is 2. The van der Waals surface area contributed by atoms with Gasteiger partial charge in [0.15, 0.2) is 0 Å². The molecule has 3 N–H and O–H groups in total. The fraction of sp³-hybridized carbons (Fsp3) is 0.526. The number of allylic oxidation sites excluding steroid dienone is 1. The summed E-state index contributed by atoms with van der Waals surface area (Å²) in [6.07, 6.45) is 5.98. The van der Waals surface area contributed by atoms with E-state index >= 15 is 0 Å². The van der Waals surface area contributed by atoms with Gasteiger partial charge in [-0.2, -0.15) is 0 Å². The van der Waals surface area contributed by atoms with Gasteiger partial charge >= 0.3 is 0 Å². The molecule has 1 atom stereocenters. The summed E-state index contributed by atoms with van der Waals surface area (Å²) < 4.78 is 0. The van der Waals surface area contributed by atoms with Crippen molar-refractivity contribution in [2.45, 2.75) is 58.4 Å². The normalized spacial score (nSPS) is 12.0. The van der Waals surface area contributed by atoms with Gasteiger partial charge in [-0.25, -0.2) is 0 Å². The van der Waals surface area contributed by atoms with E-state index in [0.29, 0.717) is 0 Å². The molecule has 1 aromatic rings. The average Bonchev–Trinajstić information content (AvgIpc) is 2.48. The third-order valence-electron chi connectivity index (χ3n) is 3.90. The second-order valence-electron chi connectivity index (χ2n) is 6.08. The van der Waals surface area contributed by atoms with Crippen LogP contribution in [0.25, 0.3) is 0 Å². The lowest BCUT2D eigenvalue weighted by Gasteiger charge is -2.11. The maximum Gasteiger partial charge on any atom is 0.146 e. The molecule has 1 rings (SSSR count). The molecule has 3 nitrogen and oxygen atoms in total. The number of Topliss-reactive ketones (excluding diaryl/α,β-unsaturated/α-hetero) is 1. The highest BCUT2D eigenvalue weighted by Crippen LogP contribution is 2.09. The van der Waals surface area contributed by atoms with Gasteiger partial charge in [-0.05, 0) is 57.9 Å². The van der Waals surface area contributed by atoms with E-state index in [1.807, 2.05) is 0 Å². The van der Waals surface area contributed by atoms with Crippen LogP contribution in [0.3, 0.4) is 0 Å². The van der Waals surface area contributed by atoms with Gasteiger partial charge in [-0.3, -0.25) is 4.79 Å². The van der Waals surface area contributed by atoms with E-state index in [4.69, 9.17) is 5.73 Å². The Balaban J connectivity index is 2.04. The van der Waals surface area contributed by atoms with E-state index in [0.717, 1.165) is 50.8 Å². The number of carbonyl (C=O) groups is 1. The molecule has 0 spiro atoms. The van der Waals surface area contributed by atoms with Gasteiger partial charge in [0.05, 0.1) is 6.04 Å². The van der Waals surface area contributed by atoms with E-state index in [1.165, 1.54) is 11.1 Å². The van der Waals surface area contributed by atoms with Gasteiger partial charge in [-0.1, -0.05) is 36.4 Å². The largest absolute Gasteiger partial charge is 0.389 e. The molecular formula is C19H30N2O. The SMILES string of the molecule is C=C(CCCc1ccc(C)cc1)NCCCCC(N)C(C)=O. The van der Waals surface area contributed by atoms with Crippen LogP contribution in [-0.4, -0.2) is 18.4 Å². The molecule has 0 heterocycles. The Hall–Kier alpha value is -1.61. The molecule has 0 aliphatic rings. The number of carbonyl (C=O) groups excluding carboxylic acids is 1. The van der Waals surface area contributed by atoms with Crippen molar-refractivity contribution < 1.29 is 4.79 Å². The summed E-state index contributed by atoms with van der Waals surface area (Å²) in [4.78, 5) is 11.0. The molecule has 0 bridgehead atoms. The topological polar surface area (TPSA) is 55.1 Å². The lowest BCUT2D eigenvalue weighted by molar-refractivity contribution is -0.118. The number of nitrogens with one attached hydrogen (secondary N) is 1. The van der Waals surface area contributed by atoms with Crippen LogP contribution in [0, 0.1) is 6.92 Å². The molecule has 22 heavy (non-hydrogen) atoms. The van der Waals surface area contributed by atoms with Crippen LogP contribution < -0.4 is 11.1 Å². The fourth-order valence-electron chi connectivity index (χ4n) is 2.31. The maximum atomic E-state index is 11.0. The first-order valence-corrected chi connectivity index (χ1v) is 8.22. The Morgan fingerprint density at radius 1 is 1.23 bits per heavy atom. The van der Waals surface area contributed by atoms with Crippen LogP contribution in [0.15, 0.2) is 36.5 Å². The third kappa shape index (κ3) is 7.99. The third-order valence-corrected chi connectivity index (χ3v) is 3.90. The van der Waals surface area contributed by atoms with Gasteiger partial charge in [0, 0.05) is 12.2 Å². The highest BCUT2D eigenvalue weighted by atomic mass is 16.1. The van der Waals surface area contributed by atoms with Gasteiger partial charge < -0.3 is 11.1 Å². The number of benzene rings is 1. The molecule has 0 amide bonds. The molecule has 0 saturated carbocycles. The van der Waals surface area contributed by atoms with E-state index in [1.54, 1.807) is 6.92 Å². The standard InChI is InChI=1S/C19H30N2O/c1-15-10-12-18(13-11-15)8-6-7-16(2)21-14-5-4-9-19(20)17(3)22/h10-13,19,21H,2,4-9,14,20H2,1,3H3. The molecule has 1 unspecified atom stereocenters.